The molecule has 9 heteroatoms. The molecule has 0 aromatic carbocycles. The number of ether oxygens (including phenoxy) is 1. The van der Waals surface area contributed by atoms with Crippen molar-refractivity contribution in [2.45, 2.75) is 33.7 Å². The standard InChI is InChI=1S/C19H23N5O4/c1-4-28-18(26)15-12(2)16(21-13(15)3)17(25)20-9-7-11-24-19(27)23-10-6-5-8-14(23)22-24/h5-6,8,10,21H,4,7,9,11H2,1-3H3,(H,20,25). The predicted molar refractivity (Wildman–Crippen MR) is 103 cm³/mol. The number of amides is 1. The number of aromatic amines is 1. The van der Waals surface area contributed by atoms with Gasteiger partial charge in [-0.25, -0.2) is 14.3 Å². The number of pyridine rings is 1. The SMILES string of the molecule is CCOC(=O)c1c(C)[nH]c(C(=O)NCCCn2nc3ccccn3c2=O)c1C. The molecular formula is C19H23N5O4. The second-order valence-electron chi connectivity index (χ2n) is 6.39. The third-order valence-electron chi connectivity index (χ3n) is 4.46. The van der Waals surface area contributed by atoms with Crippen molar-refractivity contribution in [1.82, 2.24) is 24.5 Å². The van der Waals surface area contributed by atoms with Gasteiger partial charge in [0, 0.05) is 25.0 Å². The van der Waals surface area contributed by atoms with Gasteiger partial charge in [0.1, 0.15) is 5.69 Å². The number of nitrogens with one attached hydrogen (secondary N) is 2. The van der Waals surface area contributed by atoms with Gasteiger partial charge in [-0.2, -0.15) is 0 Å². The highest BCUT2D eigenvalue weighted by Gasteiger charge is 2.22. The third kappa shape index (κ3) is 3.68. The largest absolute Gasteiger partial charge is 0.462 e. The molecule has 0 bridgehead atoms. The molecule has 3 aromatic heterocycles. The van der Waals surface area contributed by atoms with Gasteiger partial charge in [-0.3, -0.25) is 9.20 Å². The zero-order valence-corrected chi connectivity index (χ0v) is 16.1. The zero-order valence-electron chi connectivity index (χ0n) is 16.1. The fraction of sp³-hybridized carbons (Fsp3) is 0.368. The van der Waals surface area contributed by atoms with Gasteiger partial charge in [-0.1, -0.05) is 6.07 Å². The monoisotopic (exact) mass is 385 g/mol. The molecule has 3 aromatic rings. The summed E-state index contributed by atoms with van der Waals surface area (Å²) in [6.07, 6.45) is 2.21. The number of carbonyl (C=O) groups excluding carboxylic acids is 2. The lowest BCUT2D eigenvalue weighted by Gasteiger charge is -2.05. The number of hydrogen-bond acceptors (Lipinski definition) is 5. The summed E-state index contributed by atoms with van der Waals surface area (Å²) < 4.78 is 7.89. The van der Waals surface area contributed by atoms with Crippen LogP contribution in [-0.4, -0.2) is 44.2 Å². The maximum Gasteiger partial charge on any atom is 0.350 e. The Labute approximate surface area is 161 Å². The summed E-state index contributed by atoms with van der Waals surface area (Å²) in [5.41, 5.74) is 2.26. The Kier molecular flexibility index (Phi) is 5.62. The Bertz CT molecular complexity index is 1080. The van der Waals surface area contributed by atoms with Gasteiger partial charge < -0.3 is 15.0 Å². The summed E-state index contributed by atoms with van der Waals surface area (Å²) in [4.78, 5) is 39.6. The van der Waals surface area contributed by atoms with Crippen molar-refractivity contribution in [3.63, 3.8) is 0 Å². The van der Waals surface area contributed by atoms with E-state index in [1.807, 2.05) is 6.07 Å². The van der Waals surface area contributed by atoms with Crippen LogP contribution < -0.4 is 11.0 Å². The highest BCUT2D eigenvalue weighted by atomic mass is 16.5. The van der Waals surface area contributed by atoms with Crippen LogP contribution in [0.2, 0.25) is 0 Å². The Morgan fingerprint density at radius 1 is 1.29 bits per heavy atom. The average molecular weight is 385 g/mol. The maximum absolute atomic E-state index is 12.4. The lowest BCUT2D eigenvalue weighted by atomic mass is 10.1. The van der Waals surface area contributed by atoms with E-state index < -0.39 is 5.97 Å². The first-order valence-corrected chi connectivity index (χ1v) is 9.12. The number of aryl methyl sites for hydroxylation is 2. The molecule has 0 aliphatic carbocycles. The van der Waals surface area contributed by atoms with Crippen molar-refractivity contribution < 1.29 is 14.3 Å². The molecule has 2 N–H and O–H groups in total. The molecule has 0 saturated heterocycles. The van der Waals surface area contributed by atoms with E-state index in [-0.39, 0.29) is 18.2 Å². The lowest BCUT2D eigenvalue weighted by Crippen LogP contribution is -2.28. The van der Waals surface area contributed by atoms with Crippen LogP contribution in [0.25, 0.3) is 5.65 Å². The van der Waals surface area contributed by atoms with Gasteiger partial charge in [0.05, 0.1) is 12.2 Å². The predicted octanol–water partition coefficient (Wildman–Crippen LogP) is 1.44. The maximum atomic E-state index is 12.4. The van der Waals surface area contributed by atoms with Gasteiger partial charge in [0.25, 0.3) is 5.91 Å². The molecular weight excluding hydrogens is 362 g/mol. The molecule has 9 nitrogen and oxygen atoms in total. The number of aromatic nitrogens is 4. The summed E-state index contributed by atoms with van der Waals surface area (Å²) in [5.74, 6) is -0.752. The zero-order chi connectivity index (χ0) is 20.3. The van der Waals surface area contributed by atoms with Crippen molar-refractivity contribution in [2.24, 2.45) is 0 Å². The highest BCUT2D eigenvalue weighted by Crippen LogP contribution is 2.19. The van der Waals surface area contributed by atoms with Gasteiger partial charge >= 0.3 is 11.7 Å². The molecule has 3 heterocycles. The molecule has 0 atom stereocenters. The highest BCUT2D eigenvalue weighted by molar-refractivity contribution is 6.00. The first kappa shape index (κ1) is 19.4. The Balaban J connectivity index is 1.60. The van der Waals surface area contributed by atoms with E-state index in [1.165, 1.54) is 9.08 Å². The van der Waals surface area contributed by atoms with Gasteiger partial charge in [0.15, 0.2) is 5.65 Å². The van der Waals surface area contributed by atoms with E-state index in [9.17, 15) is 14.4 Å². The summed E-state index contributed by atoms with van der Waals surface area (Å²) in [7, 11) is 0. The molecule has 1 amide bonds. The molecule has 0 aliphatic heterocycles. The van der Waals surface area contributed by atoms with Gasteiger partial charge in [-0.15, -0.1) is 5.10 Å². The smallest absolute Gasteiger partial charge is 0.350 e. The Morgan fingerprint density at radius 2 is 2.07 bits per heavy atom. The van der Waals surface area contributed by atoms with Crippen LogP contribution in [-0.2, 0) is 11.3 Å². The molecule has 0 saturated carbocycles. The number of nitrogens with zero attached hydrogens (tertiary/aromatic N) is 3. The fourth-order valence-corrected chi connectivity index (χ4v) is 3.12. The van der Waals surface area contributed by atoms with Crippen molar-refractivity contribution in [3.8, 4) is 0 Å². The van der Waals surface area contributed by atoms with Crippen molar-refractivity contribution >= 4 is 17.5 Å². The average Bonchev–Trinajstić information content (AvgIpc) is 3.15. The quantitative estimate of drug-likeness (QED) is 0.472. The minimum atomic E-state index is -0.445. The van der Waals surface area contributed by atoms with E-state index >= 15 is 0 Å². The van der Waals surface area contributed by atoms with Gasteiger partial charge in [0.2, 0.25) is 0 Å². The van der Waals surface area contributed by atoms with Gasteiger partial charge in [-0.05, 0) is 44.9 Å². The molecule has 148 valence electrons. The van der Waals surface area contributed by atoms with E-state index in [4.69, 9.17) is 4.74 Å². The topological polar surface area (TPSA) is 110 Å². The summed E-state index contributed by atoms with van der Waals surface area (Å²) in [5, 5.41) is 7.05. The fourth-order valence-electron chi connectivity index (χ4n) is 3.12. The molecule has 0 aliphatic rings. The van der Waals surface area contributed by atoms with Crippen LogP contribution in [0.15, 0.2) is 29.2 Å². The molecule has 0 unspecified atom stereocenters. The van der Waals surface area contributed by atoms with Crippen LogP contribution >= 0.6 is 0 Å². The van der Waals surface area contributed by atoms with E-state index in [0.717, 1.165) is 0 Å². The van der Waals surface area contributed by atoms with Crippen LogP contribution in [0.5, 0.6) is 0 Å². The normalized spacial score (nSPS) is 11.0. The van der Waals surface area contributed by atoms with Crippen LogP contribution in [0.1, 0.15) is 45.4 Å². The minimum absolute atomic E-state index is 0.211. The summed E-state index contributed by atoms with van der Waals surface area (Å²) in [6.45, 7) is 6.19. The van der Waals surface area contributed by atoms with Crippen molar-refractivity contribution in [3.05, 3.63) is 57.4 Å². The van der Waals surface area contributed by atoms with Crippen LogP contribution in [0.4, 0.5) is 0 Å². The second kappa shape index (κ2) is 8.12. The number of esters is 1. The van der Waals surface area contributed by atoms with E-state index in [1.54, 1.807) is 39.1 Å². The number of carbonyl (C=O) groups is 2. The van der Waals surface area contributed by atoms with Crippen LogP contribution in [0.3, 0.4) is 0 Å². The molecule has 0 fully saturated rings. The van der Waals surface area contributed by atoms with Crippen molar-refractivity contribution in [1.29, 1.82) is 0 Å². The number of hydrogen-bond donors (Lipinski definition) is 2. The summed E-state index contributed by atoms with van der Waals surface area (Å²) >= 11 is 0. The Morgan fingerprint density at radius 3 is 2.79 bits per heavy atom. The summed E-state index contributed by atoms with van der Waals surface area (Å²) in [6, 6.07) is 5.35. The lowest BCUT2D eigenvalue weighted by molar-refractivity contribution is 0.0525. The van der Waals surface area contributed by atoms with Crippen molar-refractivity contribution in [2.75, 3.05) is 13.2 Å². The number of H-pyrrole nitrogens is 1. The number of rotatable bonds is 7. The first-order chi connectivity index (χ1) is 13.4. The molecule has 0 radical (unpaired) electrons. The van der Waals surface area contributed by atoms with Crippen LogP contribution in [0, 0.1) is 13.8 Å². The molecule has 28 heavy (non-hydrogen) atoms. The minimum Gasteiger partial charge on any atom is -0.462 e. The number of fused-ring (bicyclic) bond motifs is 1. The van der Waals surface area contributed by atoms with E-state index in [2.05, 4.69) is 15.4 Å². The first-order valence-electron chi connectivity index (χ1n) is 9.12. The van der Waals surface area contributed by atoms with E-state index in [0.29, 0.717) is 47.7 Å². The molecule has 0 spiro atoms. The Hall–Kier alpha value is -3.36. The molecule has 3 rings (SSSR count). The second-order valence-corrected chi connectivity index (χ2v) is 6.39. The third-order valence-corrected chi connectivity index (χ3v) is 4.46.